The van der Waals surface area contributed by atoms with Gasteiger partial charge in [0.2, 0.25) is 0 Å². The molecule has 1 amide bonds. The summed E-state index contributed by atoms with van der Waals surface area (Å²) in [6.07, 6.45) is 6.29. The Hall–Kier alpha value is -1.82. The Morgan fingerprint density at radius 2 is 2.10 bits per heavy atom. The first-order valence-electron chi connectivity index (χ1n) is 6.91. The van der Waals surface area contributed by atoms with Crippen LogP contribution in [0.3, 0.4) is 0 Å². The molecule has 0 radical (unpaired) electrons. The van der Waals surface area contributed by atoms with Crippen LogP contribution in [-0.2, 0) is 0 Å². The molecule has 0 saturated heterocycles. The highest BCUT2D eigenvalue weighted by atomic mass is 16.1. The van der Waals surface area contributed by atoms with Gasteiger partial charge in [-0.05, 0) is 33.0 Å². The third-order valence-corrected chi connectivity index (χ3v) is 4.24. The Labute approximate surface area is 119 Å². The Balaban J connectivity index is 2.16. The molecule has 20 heavy (non-hydrogen) atoms. The van der Waals surface area contributed by atoms with Crippen molar-refractivity contribution < 1.29 is 4.79 Å². The number of rotatable bonds is 5. The van der Waals surface area contributed by atoms with E-state index in [0.29, 0.717) is 17.1 Å². The second kappa shape index (κ2) is 5.66. The maximum atomic E-state index is 11.5. The summed E-state index contributed by atoms with van der Waals surface area (Å²) in [5, 5.41) is 3.28. The van der Waals surface area contributed by atoms with Gasteiger partial charge in [0.15, 0.2) is 0 Å². The molecular weight excluding hydrogens is 254 g/mol. The van der Waals surface area contributed by atoms with Crippen molar-refractivity contribution in [2.24, 2.45) is 5.73 Å². The SMILES string of the molecule is CN(C)C1(CNc2ncc(N)cc2C(N)=O)CCCC1. The number of nitrogens with one attached hydrogen (secondary N) is 1. The second-order valence-electron chi connectivity index (χ2n) is 5.71. The summed E-state index contributed by atoms with van der Waals surface area (Å²) in [5.41, 5.74) is 11.9. The van der Waals surface area contributed by atoms with Crippen LogP contribution in [0.4, 0.5) is 11.5 Å². The molecule has 0 aliphatic heterocycles. The number of nitrogens with two attached hydrogens (primary N) is 2. The Kier molecular flexibility index (Phi) is 4.13. The predicted molar refractivity (Wildman–Crippen MR) is 80.5 cm³/mol. The fourth-order valence-corrected chi connectivity index (χ4v) is 2.87. The average Bonchev–Trinajstić information content (AvgIpc) is 2.87. The summed E-state index contributed by atoms with van der Waals surface area (Å²) >= 11 is 0. The number of likely N-dealkylation sites (N-methyl/N-ethyl adjacent to an activating group) is 1. The molecule has 0 unspecified atom stereocenters. The van der Waals surface area contributed by atoms with Crippen LogP contribution in [0.15, 0.2) is 12.3 Å². The summed E-state index contributed by atoms with van der Waals surface area (Å²) in [5.74, 6) is -0.00236. The number of carbonyl (C=O) groups excluding carboxylic acids is 1. The van der Waals surface area contributed by atoms with Gasteiger partial charge in [-0.15, -0.1) is 0 Å². The van der Waals surface area contributed by atoms with Crippen LogP contribution < -0.4 is 16.8 Å². The van der Waals surface area contributed by atoms with Crippen molar-refractivity contribution in [2.75, 3.05) is 31.7 Å². The lowest BCUT2D eigenvalue weighted by atomic mass is 9.96. The minimum absolute atomic E-state index is 0.123. The fraction of sp³-hybridized carbons (Fsp3) is 0.571. The van der Waals surface area contributed by atoms with Crippen LogP contribution in [0.25, 0.3) is 0 Å². The van der Waals surface area contributed by atoms with Crippen LogP contribution >= 0.6 is 0 Å². The highest BCUT2D eigenvalue weighted by Gasteiger charge is 2.35. The highest BCUT2D eigenvalue weighted by Crippen LogP contribution is 2.34. The number of pyridine rings is 1. The smallest absolute Gasteiger partial charge is 0.252 e. The lowest BCUT2D eigenvalue weighted by Gasteiger charge is -2.36. The van der Waals surface area contributed by atoms with Crippen molar-refractivity contribution in [1.82, 2.24) is 9.88 Å². The molecule has 1 aromatic heterocycles. The van der Waals surface area contributed by atoms with Crippen molar-refractivity contribution in [3.8, 4) is 0 Å². The topological polar surface area (TPSA) is 97.3 Å². The molecule has 1 saturated carbocycles. The van der Waals surface area contributed by atoms with Crippen LogP contribution in [0.5, 0.6) is 0 Å². The maximum Gasteiger partial charge on any atom is 0.252 e. The standard InChI is InChI=1S/C14H23N5O/c1-19(2)14(5-3-4-6-14)9-18-13-11(12(16)20)7-10(15)8-17-13/h7-8H,3-6,9,15H2,1-2H3,(H2,16,20)(H,17,18). The van der Waals surface area contributed by atoms with Gasteiger partial charge in [0.25, 0.3) is 5.91 Å². The van der Waals surface area contributed by atoms with Crippen LogP contribution in [0, 0.1) is 0 Å². The van der Waals surface area contributed by atoms with Gasteiger partial charge in [0, 0.05) is 12.1 Å². The number of hydrogen-bond acceptors (Lipinski definition) is 5. The molecule has 0 atom stereocenters. The monoisotopic (exact) mass is 277 g/mol. The number of carbonyl (C=O) groups is 1. The molecule has 1 fully saturated rings. The van der Waals surface area contributed by atoms with E-state index >= 15 is 0 Å². The van der Waals surface area contributed by atoms with Crippen molar-refractivity contribution in [3.05, 3.63) is 17.8 Å². The largest absolute Gasteiger partial charge is 0.397 e. The molecule has 2 rings (SSSR count). The summed E-state index contributed by atoms with van der Waals surface area (Å²) in [6, 6.07) is 1.56. The van der Waals surface area contributed by atoms with Gasteiger partial charge < -0.3 is 21.7 Å². The Morgan fingerprint density at radius 3 is 2.65 bits per heavy atom. The average molecular weight is 277 g/mol. The van der Waals surface area contributed by atoms with Gasteiger partial charge >= 0.3 is 0 Å². The molecule has 6 nitrogen and oxygen atoms in total. The van der Waals surface area contributed by atoms with E-state index in [9.17, 15) is 4.79 Å². The second-order valence-corrected chi connectivity index (χ2v) is 5.71. The lowest BCUT2D eigenvalue weighted by Crippen LogP contribution is -2.47. The van der Waals surface area contributed by atoms with Crippen molar-refractivity contribution in [2.45, 2.75) is 31.2 Å². The van der Waals surface area contributed by atoms with Crippen molar-refractivity contribution >= 4 is 17.4 Å². The zero-order valence-corrected chi connectivity index (χ0v) is 12.1. The summed E-state index contributed by atoms with van der Waals surface area (Å²) in [7, 11) is 4.19. The van der Waals surface area contributed by atoms with Gasteiger partial charge in [0.05, 0.1) is 17.4 Å². The number of anilines is 2. The number of nitrogen functional groups attached to an aromatic ring is 1. The van der Waals surface area contributed by atoms with Gasteiger partial charge in [-0.3, -0.25) is 4.79 Å². The molecule has 1 aromatic rings. The quantitative estimate of drug-likeness (QED) is 0.747. The van der Waals surface area contributed by atoms with Crippen LogP contribution in [0.2, 0.25) is 0 Å². The molecule has 1 aliphatic carbocycles. The number of nitrogens with zero attached hydrogens (tertiary/aromatic N) is 2. The zero-order chi connectivity index (χ0) is 14.8. The summed E-state index contributed by atoms with van der Waals surface area (Å²) in [6.45, 7) is 0.747. The van der Waals surface area contributed by atoms with Crippen LogP contribution in [-0.4, -0.2) is 42.0 Å². The summed E-state index contributed by atoms with van der Waals surface area (Å²) in [4.78, 5) is 17.9. The van der Waals surface area contributed by atoms with E-state index < -0.39 is 5.91 Å². The summed E-state index contributed by atoms with van der Waals surface area (Å²) < 4.78 is 0. The number of aromatic nitrogens is 1. The minimum Gasteiger partial charge on any atom is -0.397 e. The minimum atomic E-state index is -0.516. The van der Waals surface area contributed by atoms with E-state index in [1.54, 1.807) is 6.07 Å². The molecule has 1 aliphatic rings. The molecule has 1 heterocycles. The van der Waals surface area contributed by atoms with E-state index in [0.717, 1.165) is 19.4 Å². The van der Waals surface area contributed by atoms with E-state index in [-0.39, 0.29) is 5.54 Å². The fourth-order valence-electron chi connectivity index (χ4n) is 2.87. The van der Waals surface area contributed by atoms with E-state index in [1.807, 2.05) is 0 Å². The number of hydrogen-bond donors (Lipinski definition) is 3. The van der Waals surface area contributed by atoms with Gasteiger partial charge in [0.1, 0.15) is 5.82 Å². The van der Waals surface area contributed by atoms with Gasteiger partial charge in [-0.1, -0.05) is 12.8 Å². The van der Waals surface area contributed by atoms with E-state index in [2.05, 4.69) is 29.3 Å². The molecule has 0 bridgehead atoms. The van der Waals surface area contributed by atoms with Crippen molar-refractivity contribution in [1.29, 1.82) is 0 Å². The lowest BCUT2D eigenvalue weighted by molar-refractivity contribution is 0.100. The molecule has 5 N–H and O–H groups in total. The van der Waals surface area contributed by atoms with Gasteiger partial charge in [-0.25, -0.2) is 4.98 Å². The first-order valence-corrected chi connectivity index (χ1v) is 6.91. The van der Waals surface area contributed by atoms with E-state index in [1.165, 1.54) is 19.0 Å². The third kappa shape index (κ3) is 2.85. The maximum absolute atomic E-state index is 11.5. The van der Waals surface area contributed by atoms with Crippen LogP contribution in [0.1, 0.15) is 36.0 Å². The predicted octanol–water partition coefficient (Wildman–Crippen LogP) is 1.05. The molecule has 6 heteroatoms. The highest BCUT2D eigenvalue weighted by molar-refractivity contribution is 5.98. The molecular formula is C14H23N5O. The first kappa shape index (κ1) is 14.6. The zero-order valence-electron chi connectivity index (χ0n) is 12.1. The van der Waals surface area contributed by atoms with Gasteiger partial charge in [-0.2, -0.15) is 0 Å². The molecule has 0 spiro atoms. The third-order valence-electron chi connectivity index (χ3n) is 4.24. The Morgan fingerprint density at radius 1 is 1.45 bits per heavy atom. The van der Waals surface area contributed by atoms with Crippen molar-refractivity contribution in [3.63, 3.8) is 0 Å². The molecule has 110 valence electrons. The number of primary amides is 1. The molecule has 0 aromatic carbocycles. The Bertz CT molecular complexity index is 494. The normalized spacial score (nSPS) is 17.4. The number of amides is 1. The van der Waals surface area contributed by atoms with E-state index in [4.69, 9.17) is 11.5 Å². The first-order chi connectivity index (χ1) is 9.44.